The SMILES string of the molecule is COc1cc(CC(=O)Nc2ncc(C(C)C)s2)cc(OC)c1OC. The monoisotopic (exact) mass is 350 g/mol. The molecule has 24 heavy (non-hydrogen) atoms. The minimum absolute atomic E-state index is 0.145. The van der Waals surface area contributed by atoms with E-state index >= 15 is 0 Å². The van der Waals surface area contributed by atoms with Crippen molar-refractivity contribution < 1.29 is 19.0 Å². The number of amides is 1. The summed E-state index contributed by atoms with van der Waals surface area (Å²) in [4.78, 5) is 17.6. The molecule has 2 rings (SSSR count). The zero-order chi connectivity index (χ0) is 17.7. The number of benzene rings is 1. The average molecular weight is 350 g/mol. The largest absolute Gasteiger partial charge is 0.493 e. The van der Waals surface area contributed by atoms with E-state index < -0.39 is 0 Å². The number of nitrogens with one attached hydrogen (secondary N) is 1. The topological polar surface area (TPSA) is 69.7 Å². The number of hydrogen-bond donors (Lipinski definition) is 1. The van der Waals surface area contributed by atoms with Gasteiger partial charge in [-0.05, 0) is 23.6 Å². The van der Waals surface area contributed by atoms with Crippen LogP contribution in [0.3, 0.4) is 0 Å². The number of hydrogen-bond acceptors (Lipinski definition) is 6. The quantitative estimate of drug-likeness (QED) is 0.828. The van der Waals surface area contributed by atoms with Crippen molar-refractivity contribution in [2.45, 2.75) is 26.2 Å². The molecule has 0 radical (unpaired) electrons. The van der Waals surface area contributed by atoms with Crippen molar-refractivity contribution in [2.24, 2.45) is 0 Å². The van der Waals surface area contributed by atoms with Crippen molar-refractivity contribution in [3.05, 3.63) is 28.8 Å². The average Bonchev–Trinajstić information content (AvgIpc) is 3.02. The highest BCUT2D eigenvalue weighted by atomic mass is 32.1. The number of ether oxygens (including phenoxy) is 3. The molecule has 7 heteroatoms. The second-order valence-corrected chi connectivity index (χ2v) is 6.54. The summed E-state index contributed by atoms with van der Waals surface area (Å²) in [6, 6.07) is 3.53. The van der Waals surface area contributed by atoms with Gasteiger partial charge in [-0.3, -0.25) is 4.79 Å². The summed E-state index contributed by atoms with van der Waals surface area (Å²) >= 11 is 1.49. The Hall–Kier alpha value is -2.28. The summed E-state index contributed by atoms with van der Waals surface area (Å²) in [6.45, 7) is 4.18. The first-order chi connectivity index (χ1) is 11.5. The second-order valence-electron chi connectivity index (χ2n) is 5.48. The highest BCUT2D eigenvalue weighted by Gasteiger charge is 2.15. The van der Waals surface area contributed by atoms with Gasteiger partial charge in [0.15, 0.2) is 16.6 Å². The molecule has 1 aromatic heterocycles. The Labute approximate surface area is 145 Å². The predicted molar refractivity (Wildman–Crippen MR) is 94.6 cm³/mol. The summed E-state index contributed by atoms with van der Waals surface area (Å²) in [5, 5.41) is 3.43. The van der Waals surface area contributed by atoms with Gasteiger partial charge in [-0.2, -0.15) is 0 Å². The maximum Gasteiger partial charge on any atom is 0.230 e. The Morgan fingerprint density at radius 1 is 1.17 bits per heavy atom. The summed E-state index contributed by atoms with van der Waals surface area (Å²) < 4.78 is 15.9. The lowest BCUT2D eigenvalue weighted by molar-refractivity contribution is -0.115. The van der Waals surface area contributed by atoms with Crippen molar-refractivity contribution in [1.82, 2.24) is 4.98 Å². The zero-order valence-corrected chi connectivity index (χ0v) is 15.3. The summed E-state index contributed by atoms with van der Waals surface area (Å²) in [7, 11) is 4.63. The van der Waals surface area contributed by atoms with Gasteiger partial charge in [-0.1, -0.05) is 13.8 Å². The molecule has 0 bridgehead atoms. The lowest BCUT2D eigenvalue weighted by Crippen LogP contribution is -2.14. The van der Waals surface area contributed by atoms with Crippen LogP contribution in [0, 0.1) is 0 Å². The van der Waals surface area contributed by atoms with Gasteiger partial charge < -0.3 is 19.5 Å². The summed E-state index contributed by atoms with van der Waals surface area (Å²) in [5.74, 6) is 1.80. The Morgan fingerprint density at radius 2 is 1.79 bits per heavy atom. The minimum Gasteiger partial charge on any atom is -0.493 e. The van der Waals surface area contributed by atoms with E-state index in [2.05, 4.69) is 24.1 Å². The molecule has 0 spiro atoms. The molecule has 1 amide bonds. The van der Waals surface area contributed by atoms with Crippen molar-refractivity contribution >= 4 is 22.4 Å². The maximum absolute atomic E-state index is 12.3. The summed E-state index contributed by atoms with van der Waals surface area (Å²) in [5.41, 5.74) is 0.766. The third kappa shape index (κ3) is 4.17. The molecule has 6 nitrogen and oxygen atoms in total. The fourth-order valence-corrected chi connectivity index (χ4v) is 3.03. The molecule has 1 aromatic carbocycles. The van der Waals surface area contributed by atoms with Crippen LogP contribution < -0.4 is 19.5 Å². The van der Waals surface area contributed by atoms with Gasteiger partial charge in [-0.15, -0.1) is 11.3 Å². The predicted octanol–water partition coefficient (Wildman–Crippen LogP) is 3.47. The number of carbonyl (C=O) groups is 1. The van der Waals surface area contributed by atoms with Crippen molar-refractivity contribution in [3.8, 4) is 17.2 Å². The Kier molecular flexibility index (Phi) is 6.03. The van der Waals surface area contributed by atoms with E-state index in [9.17, 15) is 4.79 Å². The van der Waals surface area contributed by atoms with E-state index in [1.165, 1.54) is 11.3 Å². The molecule has 0 saturated carbocycles. The fraction of sp³-hybridized carbons (Fsp3) is 0.412. The van der Waals surface area contributed by atoms with Crippen LogP contribution in [0.4, 0.5) is 5.13 Å². The first kappa shape index (κ1) is 18.1. The van der Waals surface area contributed by atoms with Crippen molar-refractivity contribution in [2.75, 3.05) is 26.6 Å². The molecule has 0 fully saturated rings. The fourth-order valence-electron chi connectivity index (χ4n) is 2.20. The van der Waals surface area contributed by atoms with E-state index in [-0.39, 0.29) is 12.3 Å². The number of anilines is 1. The molecule has 130 valence electrons. The molecule has 0 atom stereocenters. The Morgan fingerprint density at radius 3 is 2.25 bits per heavy atom. The number of methoxy groups -OCH3 is 3. The van der Waals surface area contributed by atoms with Crippen molar-refractivity contribution in [3.63, 3.8) is 0 Å². The number of nitrogens with zero attached hydrogens (tertiary/aromatic N) is 1. The number of carbonyl (C=O) groups excluding carboxylic acids is 1. The normalized spacial score (nSPS) is 10.6. The van der Waals surface area contributed by atoms with Crippen LogP contribution in [-0.2, 0) is 11.2 Å². The van der Waals surface area contributed by atoms with Gasteiger partial charge in [-0.25, -0.2) is 4.98 Å². The highest BCUT2D eigenvalue weighted by Crippen LogP contribution is 2.38. The van der Waals surface area contributed by atoms with Crippen LogP contribution in [0.5, 0.6) is 17.2 Å². The Bertz CT molecular complexity index is 687. The van der Waals surface area contributed by atoms with Gasteiger partial charge in [0.2, 0.25) is 11.7 Å². The molecule has 0 aliphatic rings. The van der Waals surface area contributed by atoms with Gasteiger partial charge in [0, 0.05) is 11.1 Å². The van der Waals surface area contributed by atoms with Gasteiger partial charge in [0.1, 0.15) is 0 Å². The van der Waals surface area contributed by atoms with Gasteiger partial charge in [0.05, 0.1) is 27.8 Å². The maximum atomic E-state index is 12.3. The van der Waals surface area contributed by atoms with Crippen molar-refractivity contribution in [1.29, 1.82) is 0 Å². The second kappa shape index (κ2) is 8.01. The molecule has 1 N–H and O–H groups in total. The van der Waals surface area contributed by atoms with E-state index in [0.29, 0.717) is 28.3 Å². The minimum atomic E-state index is -0.145. The highest BCUT2D eigenvalue weighted by molar-refractivity contribution is 7.15. The van der Waals surface area contributed by atoms with Crippen LogP contribution in [-0.4, -0.2) is 32.2 Å². The van der Waals surface area contributed by atoms with Crippen LogP contribution in [0.15, 0.2) is 18.3 Å². The number of aromatic nitrogens is 1. The standard InChI is InChI=1S/C17H22N2O4S/c1-10(2)14-9-18-17(24-14)19-15(20)8-11-6-12(21-3)16(23-5)13(7-11)22-4/h6-7,9-10H,8H2,1-5H3,(H,18,19,20). The Balaban J connectivity index is 2.13. The van der Waals surface area contributed by atoms with E-state index in [4.69, 9.17) is 14.2 Å². The van der Waals surface area contributed by atoms with Gasteiger partial charge in [0.25, 0.3) is 0 Å². The molecular formula is C17H22N2O4S. The van der Waals surface area contributed by atoms with Crippen LogP contribution in [0.25, 0.3) is 0 Å². The molecule has 1 heterocycles. The van der Waals surface area contributed by atoms with E-state index in [1.807, 2.05) is 0 Å². The number of thiazole rings is 1. The van der Waals surface area contributed by atoms with Crippen LogP contribution in [0.2, 0.25) is 0 Å². The smallest absolute Gasteiger partial charge is 0.230 e. The lowest BCUT2D eigenvalue weighted by atomic mass is 10.1. The molecule has 2 aromatic rings. The third-order valence-corrected chi connectivity index (χ3v) is 4.64. The summed E-state index contributed by atoms with van der Waals surface area (Å²) in [6.07, 6.45) is 1.98. The molecule has 0 saturated heterocycles. The molecule has 0 aliphatic heterocycles. The lowest BCUT2D eigenvalue weighted by Gasteiger charge is -2.13. The van der Waals surface area contributed by atoms with Gasteiger partial charge >= 0.3 is 0 Å². The zero-order valence-electron chi connectivity index (χ0n) is 14.5. The van der Waals surface area contributed by atoms with Crippen LogP contribution >= 0.6 is 11.3 Å². The first-order valence-electron chi connectivity index (χ1n) is 7.53. The molecule has 0 aliphatic carbocycles. The molecular weight excluding hydrogens is 328 g/mol. The number of rotatable bonds is 7. The molecule has 0 unspecified atom stereocenters. The van der Waals surface area contributed by atoms with Crippen LogP contribution in [0.1, 0.15) is 30.2 Å². The van der Waals surface area contributed by atoms with E-state index in [1.54, 1.807) is 39.7 Å². The first-order valence-corrected chi connectivity index (χ1v) is 8.34. The third-order valence-electron chi connectivity index (χ3n) is 3.43. The van der Waals surface area contributed by atoms with E-state index in [0.717, 1.165) is 10.4 Å².